The summed E-state index contributed by atoms with van der Waals surface area (Å²) in [5.74, 6) is -3.34. The van der Waals surface area contributed by atoms with E-state index in [0.29, 0.717) is 31.6 Å². The molecule has 1 saturated heterocycles. The Balaban J connectivity index is 1.68. The smallest absolute Gasteiger partial charge is 0.393 e. The van der Waals surface area contributed by atoms with Crippen LogP contribution >= 0.6 is 0 Å². The van der Waals surface area contributed by atoms with Crippen molar-refractivity contribution in [3.05, 3.63) is 34.8 Å². The van der Waals surface area contributed by atoms with E-state index < -0.39 is 23.9 Å². The maximum atomic E-state index is 13.8. The Labute approximate surface area is 182 Å². The average Bonchev–Trinajstić information content (AvgIpc) is 3.09. The molecule has 2 aliphatic rings. The zero-order valence-electron chi connectivity index (χ0n) is 17.8. The summed E-state index contributed by atoms with van der Waals surface area (Å²) < 4.78 is 69.7. The van der Waals surface area contributed by atoms with Crippen LogP contribution in [0.25, 0.3) is 5.65 Å². The summed E-state index contributed by atoms with van der Waals surface area (Å²) in [7, 11) is 0. The van der Waals surface area contributed by atoms with Crippen molar-refractivity contribution in [3.8, 4) is 0 Å². The number of aliphatic hydroxyl groups excluding tert-OH is 1. The molecule has 0 radical (unpaired) electrons. The molecule has 32 heavy (non-hydrogen) atoms. The van der Waals surface area contributed by atoms with Crippen LogP contribution in [0.15, 0.2) is 12.1 Å². The van der Waals surface area contributed by atoms with Crippen molar-refractivity contribution in [2.24, 2.45) is 5.92 Å². The Morgan fingerprint density at radius 3 is 2.38 bits per heavy atom. The molecule has 1 aliphatic heterocycles. The fraction of sp³-hybridized carbons (Fsp3) is 0.636. The summed E-state index contributed by atoms with van der Waals surface area (Å²) in [6, 6.07) is 2.90. The van der Waals surface area contributed by atoms with E-state index in [1.165, 1.54) is 10.5 Å². The summed E-state index contributed by atoms with van der Waals surface area (Å²) in [4.78, 5) is 18.3. The molecule has 3 heterocycles. The van der Waals surface area contributed by atoms with Gasteiger partial charge in [-0.05, 0) is 57.1 Å². The topological polar surface area (TPSA) is 57.8 Å². The predicted molar refractivity (Wildman–Crippen MR) is 107 cm³/mol. The van der Waals surface area contributed by atoms with Gasteiger partial charge in [0.1, 0.15) is 5.65 Å². The van der Waals surface area contributed by atoms with Gasteiger partial charge in [-0.25, -0.2) is 13.8 Å². The molecule has 10 heteroatoms. The maximum Gasteiger partial charge on any atom is 0.435 e. The van der Waals surface area contributed by atoms with Gasteiger partial charge in [-0.15, -0.1) is 0 Å². The maximum absolute atomic E-state index is 13.8. The minimum Gasteiger partial charge on any atom is -0.393 e. The van der Waals surface area contributed by atoms with Crippen LogP contribution in [0, 0.1) is 12.8 Å². The summed E-state index contributed by atoms with van der Waals surface area (Å²) in [5.41, 5.74) is -0.367. The average molecular weight is 459 g/mol. The number of carbonyl (C=O) groups excluding carboxylic acids is 1. The molecule has 0 aromatic carbocycles. The summed E-state index contributed by atoms with van der Waals surface area (Å²) in [6.07, 6.45) is -4.55. The minimum absolute atomic E-state index is 0.00420. The van der Waals surface area contributed by atoms with Crippen LogP contribution in [-0.2, 0) is 12.6 Å². The number of hydrogen-bond acceptors (Lipinski definition) is 3. The lowest BCUT2D eigenvalue weighted by atomic mass is 9.83. The van der Waals surface area contributed by atoms with Crippen LogP contribution < -0.4 is 0 Å². The molecule has 1 N–H and O–H groups in total. The quantitative estimate of drug-likeness (QED) is 0.682. The number of alkyl halides is 5. The third kappa shape index (κ3) is 4.60. The lowest BCUT2D eigenvalue weighted by Gasteiger charge is -2.30. The second-order valence-corrected chi connectivity index (χ2v) is 9.01. The van der Waals surface area contributed by atoms with Crippen LogP contribution in [0.1, 0.15) is 66.0 Å². The Morgan fingerprint density at radius 2 is 1.78 bits per heavy atom. The van der Waals surface area contributed by atoms with Crippen molar-refractivity contribution in [2.45, 2.75) is 70.1 Å². The van der Waals surface area contributed by atoms with Crippen LogP contribution in [0.2, 0.25) is 0 Å². The van der Waals surface area contributed by atoms with Gasteiger partial charge in [-0.1, -0.05) is 0 Å². The van der Waals surface area contributed by atoms with E-state index >= 15 is 0 Å². The number of fused-ring (bicyclic) bond motifs is 1. The molecular weight excluding hydrogens is 433 g/mol. The third-order valence-electron chi connectivity index (χ3n) is 6.59. The first kappa shape index (κ1) is 22.9. The van der Waals surface area contributed by atoms with Gasteiger partial charge in [0.25, 0.3) is 5.91 Å². The Hall–Kier alpha value is -2.23. The third-order valence-corrected chi connectivity index (χ3v) is 6.59. The normalized spacial score (nSPS) is 20.8. The summed E-state index contributed by atoms with van der Waals surface area (Å²) in [6.45, 7) is 2.37. The number of carbonyl (C=O) groups is 1. The molecule has 0 spiro atoms. The van der Waals surface area contributed by atoms with Gasteiger partial charge >= 0.3 is 6.18 Å². The van der Waals surface area contributed by atoms with Gasteiger partial charge in [0, 0.05) is 37.2 Å². The zero-order valence-corrected chi connectivity index (χ0v) is 17.8. The minimum atomic E-state index is -4.69. The van der Waals surface area contributed by atoms with Gasteiger partial charge in [0.05, 0.1) is 11.8 Å². The lowest BCUT2D eigenvalue weighted by molar-refractivity contribution is -0.141. The highest BCUT2D eigenvalue weighted by atomic mass is 19.4. The largest absolute Gasteiger partial charge is 0.435 e. The van der Waals surface area contributed by atoms with Crippen molar-refractivity contribution in [1.29, 1.82) is 0 Å². The molecule has 2 aromatic heterocycles. The van der Waals surface area contributed by atoms with E-state index in [1.54, 1.807) is 17.9 Å². The molecule has 0 atom stereocenters. The van der Waals surface area contributed by atoms with Gasteiger partial charge in [-0.3, -0.25) is 4.79 Å². The van der Waals surface area contributed by atoms with Gasteiger partial charge in [-0.2, -0.15) is 13.2 Å². The number of piperidine rings is 1. The molecule has 1 saturated carbocycles. The molecule has 2 fully saturated rings. The van der Waals surface area contributed by atoms with E-state index in [1.807, 2.05) is 0 Å². The van der Waals surface area contributed by atoms with E-state index in [-0.39, 0.29) is 60.8 Å². The highest BCUT2D eigenvalue weighted by molar-refractivity contribution is 5.95. The van der Waals surface area contributed by atoms with Gasteiger partial charge < -0.3 is 14.4 Å². The first-order chi connectivity index (χ1) is 14.9. The first-order valence-electron chi connectivity index (χ1n) is 10.9. The highest BCUT2D eigenvalue weighted by Crippen LogP contribution is 2.40. The number of nitrogens with zero attached hydrogens (tertiary/aromatic N) is 3. The molecule has 1 amide bonds. The number of rotatable bonds is 3. The molecule has 0 unspecified atom stereocenters. The molecule has 0 bridgehead atoms. The van der Waals surface area contributed by atoms with Crippen molar-refractivity contribution < 1.29 is 31.9 Å². The Bertz CT molecular complexity index is 999. The second kappa shape index (κ2) is 8.28. The number of likely N-dealkylation sites (tertiary alicyclic amines) is 1. The molecule has 176 valence electrons. The van der Waals surface area contributed by atoms with Crippen molar-refractivity contribution in [3.63, 3.8) is 0 Å². The number of hydrogen-bond donors (Lipinski definition) is 1. The first-order valence-corrected chi connectivity index (χ1v) is 10.9. The molecule has 1 aliphatic carbocycles. The summed E-state index contributed by atoms with van der Waals surface area (Å²) in [5, 5.41) is 9.64. The second-order valence-electron chi connectivity index (χ2n) is 9.01. The van der Waals surface area contributed by atoms with Crippen LogP contribution in [0.3, 0.4) is 0 Å². The van der Waals surface area contributed by atoms with E-state index in [4.69, 9.17) is 0 Å². The number of aromatic nitrogens is 2. The standard InChI is InChI=1S/C22H26F5N3O2/c1-13-10-15(20(32)29-8-4-16(31)5-9-29)12-18-28-19(22(25,26)27)17(30(13)18)11-14-2-6-21(23,24)7-3-14/h10,12,14,16,31H,2-9,11H2,1H3. The monoisotopic (exact) mass is 459 g/mol. The molecule has 5 nitrogen and oxygen atoms in total. The molecule has 4 rings (SSSR count). The fourth-order valence-electron chi connectivity index (χ4n) is 4.80. The number of halogens is 5. The van der Waals surface area contributed by atoms with E-state index in [9.17, 15) is 31.9 Å². The summed E-state index contributed by atoms with van der Waals surface area (Å²) >= 11 is 0. The number of aliphatic hydroxyl groups is 1. The van der Waals surface area contributed by atoms with Crippen LogP contribution in [0.5, 0.6) is 0 Å². The number of amides is 1. The van der Waals surface area contributed by atoms with Crippen LogP contribution in [0.4, 0.5) is 22.0 Å². The lowest BCUT2D eigenvalue weighted by Crippen LogP contribution is -2.40. The highest BCUT2D eigenvalue weighted by Gasteiger charge is 2.40. The SMILES string of the molecule is Cc1cc(C(=O)N2CCC(O)CC2)cc2nc(C(F)(F)F)c(CC3CCC(F)(F)CC3)n12. The Morgan fingerprint density at radius 1 is 1.16 bits per heavy atom. The number of pyridine rings is 1. The van der Waals surface area contributed by atoms with Crippen molar-refractivity contribution in [2.75, 3.05) is 13.1 Å². The van der Waals surface area contributed by atoms with Crippen LogP contribution in [-0.4, -0.2) is 50.4 Å². The van der Waals surface area contributed by atoms with E-state index in [0.717, 1.165) is 0 Å². The fourth-order valence-corrected chi connectivity index (χ4v) is 4.80. The van der Waals surface area contributed by atoms with Gasteiger partial charge in [0.2, 0.25) is 5.92 Å². The predicted octanol–water partition coefficient (Wildman–Crippen LogP) is 4.63. The number of imidazole rings is 1. The number of aryl methyl sites for hydroxylation is 1. The molecule has 2 aromatic rings. The van der Waals surface area contributed by atoms with Crippen molar-refractivity contribution in [1.82, 2.24) is 14.3 Å². The zero-order chi connectivity index (χ0) is 23.3. The van der Waals surface area contributed by atoms with Gasteiger partial charge in [0.15, 0.2) is 5.69 Å². The van der Waals surface area contributed by atoms with Crippen molar-refractivity contribution >= 4 is 11.6 Å². The van der Waals surface area contributed by atoms with E-state index in [2.05, 4.69) is 4.98 Å². The Kier molecular flexibility index (Phi) is 5.94. The molecular formula is C22H26F5N3O2.